The fourth-order valence-electron chi connectivity index (χ4n) is 11.8. The minimum absolute atomic E-state index is 0.603. The van der Waals surface area contributed by atoms with Crippen LogP contribution in [0, 0.1) is 0 Å². The van der Waals surface area contributed by atoms with Gasteiger partial charge in [0, 0.05) is 95.4 Å². The third kappa shape index (κ3) is 6.66. The Balaban J connectivity index is 0.986. The summed E-state index contributed by atoms with van der Waals surface area (Å²) in [6.07, 6.45) is 0. The zero-order valence-corrected chi connectivity index (χ0v) is 42.4. The van der Waals surface area contributed by atoms with Gasteiger partial charge in [-0.3, -0.25) is 0 Å². The molecule has 11 aromatic carbocycles. The summed E-state index contributed by atoms with van der Waals surface area (Å²) in [6, 6.07) is 89.9. The highest BCUT2D eigenvalue weighted by atomic mass is 32.1. The molecule has 0 saturated carbocycles. The van der Waals surface area contributed by atoms with Crippen LogP contribution in [0.5, 0.6) is 0 Å². The monoisotopic (exact) mass is 1000 g/mol. The Morgan fingerprint density at radius 3 is 1.17 bits per heavy atom. The molecule has 5 aromatic heterocycles. The molecule has 16 rings (SSSR count). The normalized spacial score (nSPS) is 11.9. The number of rotatable bonds is 7. The minimum atomic E-state index is 0.603. The first-order valence-electron chi connectivity index (χ1n) is 25.6. The van der Waals surface area contributed by atoms with E-state index >= 15 is 0 Å². The second kappa shape index (κ2) is 17.0. The van der Waals surface area contributed by atoms with Crippen molar-refractivity contribution >= 4 is 107 Å². The molecule has 0 fully saturated rings. The van der Waals surface area contributed by atoms with Gasteiger partial charge in [0.15, 0.2) is 17.5 Å². The van der Waals surface area contributed by atoms with Gasteiger partial charge in [0.05, 0.1) is 27.8 Å². The van der Waals surface area contributed by atoms with Crippen LogP contribution in [0.4, 0.5) is 0 Å². The van der Waals surface area contributed by atoms with Crippen LogP contribution in [0.3, 0.4) is 0 Å². The van der Waals surface area contributed by atoms with E-state index in [9.17, 15) is 0 Å². The maximum absolute atomic E-state index is 5.49. The quantitative estimate of drug-likeness (QED) is 0.160. The topological polar surface area (TPSA) is 48.5 Å². The fourth-order valence-corrected chi connectivity index (χ4v) is 14.1. The van der Waals surface area contributed by atoms with Gasteiger partial charge >= 0.3 is 0 Å². The van der Waals surface area contributed by atoms with Crippen molar-refractivity contribution in [3.63, 3.8) is 0 Å². The van der Waals surface area contributed by atoms with Crippen LogP contribution in [0.2, 0.25) is 0 Å². The van der Waals surface area contributed by atoms with E-state index in [1.807, 2.05) is 0 Å². The average molecular weight is 1000 g/mol. The Kier molecular flexibility index (Phi) is 9.61. The lowest BCUT2D eigenvalue weighted by Gasteiger charge is -2.21. The van der Waals surface area contributed by atoms with Crippen LogP contribution in [0.25, 0.3) is 152 Å². The lowest BCUT2D eigenvalue weighted by atomic mass is 9.92. The zero-order chi connectivity index (χ0) is 49.8. The largest absolute Gasteiger partial charge is 0.309 e. The van der Waals surface area contributed by atoms with Crippen LogP contribution in [-0.4, -0.2) is 24.1 Å². The maximum atomic E-state index is 5.49. The predicted octanol–water partition coefficient (Wildman–Crippen LogP) is 19.1. The standard InChI is InChI=1S/C69H41N5S2/c1-4-18-42(19-5-1)54-38-46(69-71-67(44-32-34-50-48-24-12-16-30-60(48)75-62(50)40-44)70-68(72-69)45-33-35-51-49-25-13-17-31-61(49)76-63(51)41-45)39-55(43-20-6-2-7-21-43)66(54)74-57-29-15-11-27-53(57)65-59(74)37-36-58-64(65)52-26-10-14-28-56(52)73(58)47-22-8-3-9-23-47/h1-41H. The van der Waals surface area contributed by atoms with Crippen LogP contribution in [-0.2, 0) is 0 Å². The molecule has 0 radical (unpaired) electrons. The van der Waals surface area contributed by atoms with Crippen LogP contribution in [0.15, 0.2) is 249 Å². The second-order valence-electron chi connectivity index (χ2n) is 19.5. The molecule has 0 N–H and O–H groups in total. The highest BCUT2D eigenvalue weighted by molar-refractivity contribution is 7.26. The summed E-state index contributed by atoms with van der Waals surface area (Å²) in [5.74, 6) is 1.86. The first-order chi connectivity index (χ1) is 37.7. The van der Waals surface area contributed by atoms with Gasteiger partial charge in [-0.1, -0.05) is 176 Å². The molecule has 5 nitrogen and oxygen atoms in total. The van der Waals surface area contributed by atoms with E-state index in [0.29, 0.717) is 17.5 Å². The van der Waals surface area contributed by atoms with Crippen molar-refractivity contribution < 1.29 is 0 Å². The Hall–Kier alpha value is -9.53. The number of aromatic nitrogens is 5. The molecular formula is C69H41N5S2. The zero-order valence-electron chi connectivity index (χ0n) is 40.7. The molecule has 0 aliphatic rings. The van der Waals surface area contributed by atoms with E-state index < -0.39 is 0 Å². The highest BCUT2D eigenvalue weighted by Crippen LogP contribution is 2.47. The maximum Gasteiger partial charge on any atom is 0.164 e. The molecular weight excluding hydrogens is 963 g/mol. The van der Waals surface area contributed by atoms with Crippen molar-refractivity contribution in [1.29, 1.82) is 0 Å². The summed E-state index contributed by atoms with van der Waals surface area (Å²) in [7, 11) is 0. The average Bonchev–Trinajstić information content (AvgIpc) is 4.44. The Labute approximate surface area is 444 Å². The van der Waals surface area contributed by atoms with Crippen LogP contribution < -0.4 is 0 Å². The SMILES string of the molecule is c1ccc(-c2cc(-c3nc(-c4ccc5c(c4)sc4ccccc45)nc(-c4ccc5c(c4)sc4ccccc45)n3)cc(-c3ccccc3)c2-n2c3ccccc3c3c4c5ccccc5n(-c5ccccc5)c4ccc32)cc1. The Morgan fingerprint density at radius 1 is 0.263 bits per heavy atom. The van der Waals surface area contributed by atoms with Crippen LogP contribution >= 0.6 is 22.7 Å². The molecule has 16 aromatic rings. The number of fused-ring (bicyclic) bond motifs is 13. The summed E-state index contributed by atoms with van der Waals surface area (Å²) in [4.78, 5) is 16.3. The van der Waals surface area contributed by atoms with Crippen molar-refractivity contribution in [2.75, 3.05) is 0 Å². The van der Waals surface area contributed by atoms with Crippen molar-refractivity contribution in [3.8, 4) is 67.8 Å². The minimum Gasteiger partial charge on any atom is -0.309 e. The Bertz CT molecular complexity index is 4800. The van der Waals surface area contributed by atoms with Gasteiger partial charge in [-0.15, -0.1) is 22.7 Å². The van der Waals surface area contributed by atoms with Crippen molar-refractivity contribution in [3.05, 3.63) is 249 Å². The van der Waals surface area contributed by atoms with Crippen LogP contribution in [0.1, 0.15) is 0 Å². The van der Waals surface area contributed by atoms with Gasteiger partial charge in [0.1, 0.15) is 0 Å². The third-order valence-electron chi connectivity index (χ3n) is 15.2. The Morgan fingerprint density at radius 2 is 0.658 bits per heavy atom. The van der Waals surface area contributed by atoms with Crippen molar-refractivity contribution in [2.45, 2.75) is 0 Å². The molecule has 0 unspecified atom stereocenters. The molecule has 0 saturated heterocycles. The summed E-state index contributed by atoms with van der Waals surface area (Å²) in [6.45, 7) is 0. The first kappa shape index (κ1) is 42.9. The smallest absolute Gasteiger partial charge is 0.164 e. The third-order valence-corrected chi connectivity index (χ3v) is 17.4. The van der Waals surface area contributed by atoms with Gasteiger partial charge in [-0.05, 0) is 83.9 Å². The van der Waals surface area contributed by atoms with Gasteiger partial charge < -0.3 is 9.13 Å². The lowest BCUT2D eigenvalue weighted by molar-refractivity contribution is 1.07. The fraction of sp³-hybridized carbons (Fsp3) is 0. The van der Waals surface area contributed by atoms with Gasteiger partial charge in [-0.25, -0.2) is 15.0 Å². The lowest BCUT2D eigenvalue weighted by Crippen LogP contribution is -2.04. The molecule has 0 spiro atoms. The number of para-hydroxylation sites is 3. The van der Waals surface area contributed by atoms with Gasteiger partial charge in [0.25, 0.3) is 0 Å². The molecule has 0 aliphatic carbocycles. The van der Waals surface area contributed by atoms with E-state index in [4.69, 9.17) is 15.0 Å². The van der Waals surface area contributed by atoms with E-state index in [1.165, 1.54) is 72.9 Å². The number of thiophene rings is 2. The first-order valence-corrected chi connectivity index (χ1v) is 27.2. The molecule has 354 valence electrons. The second-order valence-corrected chi connectivity index (χ2v) is 21.6. The molecule has 5 heterocycles. The number of hydrogen-bond donors (Lipinski definition) is 0. The molecule has 0 bridgehead atoms. The number of nitrogens with zero attached hydrogens (tertiary/aromatic N) is 5. The summed E-state index contributed by atoms with van der Waals surface area (Å²) >= 11 is 3.61. The number of hydrogen-bond acceptors (Lipinski definition) is 5. The molecule has 0 amide bonds. The summed E-state index contributed by atoms with van der Waals surface area (Å²) in [5.41, 5.74) is 13.9. The summed E-state index contributed by atoms with van der Waals surface area (Å²) in [5, 5.41) is 9.86. The highest BCUT2D eigenvalue weighted by Gasteiger charge is 2.26. The predicted molar refractivity (Wildman–Crippen MR) is 321 cm³/mol. The molecule has 0 atom stereocenters. The van der Waals surface area contributed by atoms with E-state index in [-0.39, 0.29) is 0 Å². The van der Waals surface area contributed by atoms with E-state index in [2.05, 4.69) is 258 Å². The van der Waals surface area contributed by atoms with Gasteiger partial charge in [0.2, 0.25) is 0 Å². The van der Waals surface area contributed by atoms with E-state index in [0.717, 1.165) is 61.4 Å². The van der Waals surface area contributed by atoms with E-state index in [1.54, 1.807) is 22.7 Å². The molecule has 7 heteroatoms. The molecule has 0 aliphatic heterocycles. The van der Waals surface area contributed by atoms with Crippen molar-refractivity contribution in [1.82, 2.24) is 24.1 Å². The molecule has 76 heavy (non-hydrogen) atoms. The summed E-state index contributed by atoms with van der Waals surface area (Å²) < 4.78 is 9.84. The van der Waals surface area contributed by atoms with Crippen molar-refractivity contribution in [2.24, 2.45) is 0 Å². The van der Waals surface area contributed by atoms with Gasteiger partial charge in [-0.2, -0.15) is 0 Å². The number of benzene rings is 11.